The maximum Gasteiger partial charge on any atom is 0.237 e. The minimum absolute atomic E-state index is 0.114. The summed E-state index contributed by atoms with van der Waals surface area (Å²) in [4.78, 5) is 11.9. The van der Waals surface area contributed by atoms with Gasteiger partial charge in [0.15, 0.2) is 0 Å². The molecule has 5 nitrogen and oxygen atoms in total. The molecule has 1 aromatic heterocycles. The van der Waals surface area contributed by atoms with Gasteiger partial charge in [-0.25, -0.2) is 0 Å². The van der Waals surface area contributed by atoms with Gasteiger partial charge in [0.25, 0.3) is 0 Å². The van der Waals surface area contributed by atoms with Crippen molar-refractivity contribution in [2.24, 2.45) is 0 Å². The van der Waals surface area contributed by atoms with Crippen molar-refractivity contribution < 1.29 is 14.3 Å². The zero-order valence-corrected chi connectivity index (χ0v) is 11.3. The van der Waals surface area contributed by atoms with Crippen LogP contribution in [0.1, 0.15) is 18.2 Å². The van der Waals surface area contributed by atoms with Gasteiger partial charge in [0.2, 0.25) is 5.91 Å². The third kappa shape index (κ3) is 3.86. The molecule has 0 fully saturated rings. The van der Waals surface area contributed by atoms with Gasteiger partial charge in [-0.15, -0.1) is 0 Å². The lowest BCUT2D eigenvalue weighted by atomic mass is 10.2. The summed E-state index contributed by atoms with van der Waals surface area (Å²) in [6.07, 6.45) is 1.57. The second kappa shape index (κ2) is 6.77. The van der Waals surface area contributed by atoms with Crippen molar-refractivity contribution >= 4 is 5.91 Å². The minimum Gasteiger partial charge on any atom is -0.508 e. The van der Waals surface area contributed by atoms with Crippen molar-refractivity contribution in [1.82, 2.24) is 10.6 Å². The Bertz CT molecular complexity index is 552. The predicted octanol–water partition coefficient (Wildman–Crippen LogP) is 1.78. The van der Waals surface area contributed by atoms with E-state index in [1.807, 2.05) is 12.1 Å². The van der Waals surface area contributed by atoms with Gasteiger partial charge in [-0.1, -0.05) is 18.2 Å². The van der Waals surface area contributed by atoms with Gasteiger partial charge >= 0.3 is 0 Å². The lowest BCUT2D eigenvalue weighted by Crippen LogP contribution is -2.41. The Kier molecular flexibility index (Phi) is 4.79. The number of furan rings is 1. The summed E-state index contributed by atoms with van der Waals surface area (Å²) in [5, 5.41) is 15.5. The average Bonchev–Trinajstić information content (AvgIpc) is 2.97. The molecule has 0 radical (unpaired) electrons. The highest BCUT2D eigenvalue weighted by atomic mass is 16.3. The van der Waals surface area contributed by atoms with Gasteiger partial charge in [-0.3, -0.25) is 4.79 Å². The van der Waals surface area contributed by atoms with Crippen molar-refractivity contribution in [3.05, 3.63) is 54.0 Å². The SMILES string of the molecule is CC(NCc1ccccc1O)C(=O)NCc1ccco1. The first-order valence-electron chi connectivity index (χ1n) is 6.47. The molecule has 5 heteroatoms. The van der Waals surface area contributed by atoms with Gasteiger partial charge in [0.1, 0.15) is 11.5 Å². The quantitative estimate of drug-likeness (QED) is 0.750. The lowest BCUT2D eigenvalue weighted by Gasteiger charge is -2.14. The number of hydrogen-bond acceptors (Lipinski definition) is 4. The summed E-state index contributed by atoms with van der Waals surface area (Å²) >= 11 is 0. The summed E-state index contributed by atoms with van der Waals surface area (Å²) in [6.45, 7) is 2.58. The van der Waals surface area contributed by atoms with Crippen LogP contribution in [0.3, 0.4) is 0 Å². The summed E-state index contributed by atoms with van der Waals surface area (Å²) < 4.78 is 5.14. The van der Waals surface area contributed by atoms with Crippen LogP contribution in [0.4, 0.5) is 0 Å². The molecule has 0 saturated carbocycles. The van der Waals surface area contributed by atoms with Crippen LogP contribution in [0.5, 0.6) is 5.75 Å². The molecule has 1 heterocycles. The van der Waals surface area contributed by atoms with Gasteiger partial charge in [0, 0.05) is 12.1 Å². The molecular weight excluding hydrogens is 256 g/mol. The number of benzene rings is 1. The zero-order valence-electron chi connectivity index (χ0n) is 11.3. The van der Waals surface area contributed by atoms with E-state index in [4.69, 9.17) is 4.42 Å². The van der Waals surface area contributed by atoms with E-state index in [0.29, 0.717) is 18.8 Å². The first kappa shape index (κ1) is 14.1. The highest BCUT2D eigenvalue weighted by Gasteiger charge is 2.12. The first-order chi connectivity index (χ1) is 9.66. The Balaban J connectivity index is 1.78. The van der Waals surface area contributed by atoms with E-state index >= 15 is 0 Å². The van der Waals surface area contributed by atoms with Gasteiger partial charge in [-0.2, -0.15) is 0 Å². The molecule has 1 unspecified atom stereocenters. The van der Waals surface area contributed by atoms with Crippen molar-refractivity contribution in [3.63, 3.8) is 0 Å². The van der Waals surface area contributed by atoms with Gasteiger partial charge < -0.3 is 20.2 Å². The van der Waals surface area contributed by atoms with Crippen molar-refractivity contribution in [2.45, 2.75) is 26.1 Å². The Labute approximate surface area is 117 Å². The van der Waals surface area contributed by atoms with Crippen molar-refractivity contribution in [3.8, 4) is 5.75 Å². The van der Waals surface area contributed by atoms with E-state index in [0.717, 1.165) is 5.56 Å². The monoisotopic (exact) mass is 274 g/mol. The molecule has 2 rings (SSSR count). The van der Waals surface area contributed by atoms with Crippen LogP contribution >= 0.6 is 0 Å². The molecule has 0 aliphatic carbocycles. The number of carbonyl (C=O) groups excluding carboxylic acids is 1. The van der Waals surface area contributed by atoms with E-state index < -0.39 is 0 Å². The molecule has 0 aliphatic heterocycles. The number of para-hydroxylation sites is 1. The van der Waals surface area contributed by atoms with E-state index in [1.54, 1.807) is 37.5 Å². The molecule has 1 atom stereocenters. The van der Waals surface area contributed by atoms with E-state index in [-0.39, 0.29) is 17.7 Å². The standard InChI is InChI=1S/C15H18N2O3/c1-11(15(19)17-10-13-6-4-8-20-13)16-9-12-5-2-3-7-14(12)18/h2-8,11,16,18H,9-10H2,1H3,(H,17,19). The molecule has 1 amide bonds. The molecule has 0 saturated heterocycles. The minimum atomic E-state index is -0.357. The number of nitrogens with one attached hydrogen (secondary N) is 2. The molecule has 0 aliphatic rings. The van der Waals surface area contributed by atoms with Crippen LogP contribution in [0.2, 0.25) is 0 Å². The second-order valence-corrected chi connectivity index (χ2v) is 4.53. The molecule has 2 aromatic rings. The fourth-order valence-corrected chi connectivity index (χ4v) is 1.76. The van der Waals surface area contributed by atoms with Gasteiger partial charge in [0.05, 0.1) is 18.8 Å². The van der Waals surface area contributed by atoms with Gasteiger partial charge in [-0.05, 0) is 25.1 Å². The van der Waals surface area contributed by atoms with Crippen LogP contribution in [0.15, 0.2) is 47.1 Å². The number of aromatic hydroxyl groups is 1. The van der Waals surface area contributed by atoms with E-state index in [9.17, 15) is 9.90 Å². The van der Waals surface area contributed by atoms with Crippen LogP contribution in [0, 0.1) is 0 Å². The molecule has 0 spiro atoms. The number of rotatable bonds is 6. The number of carbonyl (C=O) groups is 1. The Morgan fingerprint density at radius 3 is 2.75 bits per heavy atom. The smallest absolute Gasteiger partial charge is 0.237 e. The fraction of sp³-hybridized carbons (Fsp3) is 0.267. The Morgan fingerprint density at radius 1 is 1.25 bits per heavy atom. The second-order valence-electron chi connectivity index (χ2n) is 4.53. The number of amides is 1. The van der Waals surface area contributed by atoms with Crippen LogP contribution in [0.25, 0.3) is 0 Å². The zero-order chi connectivity index (χ0) is 14.4. The molecular formula is C15H18N2O3. The highest BCUT2D eigenvalue weighted by Crippen LogP contribution is 2.14. The maximum atomic E-state index is 11.9. The number of phenolic OH excluding ortho intramolecular Hbond substituents is 1. The molecule has 106 valence electrons. The van der Waals surface area contributed by atoms with Crippen molar-refractivity contribution in [1.29, 1.82) is 0 Å². The van der Waals surface area contributed by atoms with Crippen molar-refractivity contribution in [2.75, 3.05) is 0 Å². The summed E-state index contributed by atoms with van der Waals surface area (Å²) in [5.74, 6) is 0.825. The normalized spacial score (nSPS) is 12.1. The van der Waals surface area contributed by atoms with E-state index in [2.05, 4.69) is 10.6 Å². The maximum absolute atomic E-state index is 11.9. The largest absolute Gasteiger partial charge is 0.508 e. The van der Waals surface area contributed by atoms with Crippen LogP contribution in [-0.4, -0.2) is 17.1 Å². The summed E-state index contributed by atoms with van der Waals surface area (Å²) in [7, 11) is 0. The number of hydrogen-bond donors (Lipinski definition) is 3. The van der Waals surface area contributed by atoms with Crippen LogP contribution < -0.4 is 10.6 Å². The summed E-state index contributed by atoms with van der Waals surface area (Å²) in [5.41, 5.74) is 0.762. The topological polar surface area (TPSA) is 74.5 Å². The highest BCUT2D eigenvalue weighted by molar-refractivity contribution is 5.81. The third-order valence-corrected chi connectivity index (χ3v) is 3.00. The third-order valence-electron chi connectivity index (χ3n) is 3.00. The molecule has 20 heavy (non-hydrogen) atoms. The Morgan fingerprint density at radius 2 is 2.05 bits per heavy atom. The molecule has 1 aromatic carbocycles. The first-order valence-corrected chi connectivity index (χ1v) is 6.47. The average molecular weight is 274 g/mol. The predicted molar refractivity (Wildman–Crippen MR) is 75.0 cm³/mol. The molecule has 3 N–H and O–H groups in total. The number of phenols is 1. The van der Waals surface area contributed by atoms with E-state index in [1.165, 1.54) is 0 Å². The lowest BCUT2D eigenvalue weighted by molar-refractivity contribution is -0.123. The Hall–Kier alpha value is -2.27. The fourth-order valence-electron chi connectivity index (χ4n) is 1.76. The molecule has 0 bridgehead atoms. The summed E-state index contributed by atoms with van der Waals surface area (Å²) in [6, 6.07) is 10.3. The van der Waals surface area contributed by atoms with Crippen LogP contribution in [-0.2, 0) is 17.9 Å².